The van der Waals surface area contributed by atoms with Crippen molar-refractivity contribution in [3.63, 3.8) is 0 Å². The number of aromatic nitrogens is 2. The molecule has 1 aromatic carbocycles. The zero-order chi connectivity index (χ0) is 17.4. The van der Waals surface area contributed by atoms with E-state index in [9.17, 15) is 9.18 Å². The third-order valence-electron chi connectivity index (χ3n) is 4.30. The van der Waals surface area contributed by atoms with E-state index in [0.717, 1.165) is 5.56 Å². The summed E-state index contributed by atoms with van der Waals surface area (Å²) in [5.41, 5.74) is 1.98. The molecule has 1 aliphatic heterocycles. The van der Waals surface area contributed by atoms with Crippen LogP contribution in [0.1, 0.15) is 24.2 Å². The normalized spacial score (nSPS) is 19.2. The van der Waals surface area contributed by atoms with Gasteiger partial charge in [0, 0.05) is 17.0 Å². The second kappa shape index (κ2) is 6.01. The van der Waals surface area contributed by atoms with E-state index in [1.54, 1.807) is 25.5 Å². The highest BCUT2D eigenvalue weighted by Gasteiger charge is 2.40. The molecular weight excluding hydrogens is 323 g/mol. The van der Waals surface area contributed by atoms with Gasteiger partial charge >= 0.3 is 0 Å². The molecule has 3 aromatic rings. The van der Waals surface area contributed by atoms with Gasteiger partial charge in [-0.15, -0.1) is 0 Å². The Kier molecular flexibility index (Phi) is 3.68. The first-order chi connectivity index (χ1) is 12.1. The number of amides is 1. The molecular formula is C18H15FN4O2. The summed E-state index contributed by atoms with van der Waals surface area (Å²) in [5.74, 6) is -0.185. The van der Waals surface area contributed by atoms with Crippen molar-refractivity contribution in [2.24, 2.45) is 10.9 Å². The zero-order valence-corrected chi connectivity index (χ0v) is 13.4. The minimum atomic E-state index is -0.554. The van der Waals surface area contributed by atoms with Crippen molar-refractivity contribution in [2.45, 2.75) is 12.8 Å². The summed E-state index contributed by atoms with van der Waals surface area (Å²) >= 11 is 0. The van der Waals surface area contributed by atoms with E-state index in [1.165, 1.54) is 24.3 Å². The number of anilines is 1. The molecule has 2 aromatic heterocycles. The summed E-state index contributed by atoms with van der Waals surface area (Å²) in [7, 11) is 0. The highest BCUT2D eigenvalue weighted by atomic mass is 19.1. The molecule has 1 amide bonds. The first kappa shape index (κ1) is 15.3. The number of hydrogen-bond acceptors (Lipinski definition) is 4. The predicted molar refractivity (Wildman–Crippen MR) is 90.4 cm³/mol. The van der Waals surface area contributed by atoms with Gasteiger partial charge in [-0.25, -0.2) is 9.38 Å². The summed E-state index contributed by atoms with van der Waals surface area (Å²) in [6.07, 6.45) is 3.24. The molecule has 0 fully saturated rings. The van der Waals surface area contributed by atoms with Gasteiger partial charge in [-0.1, -0.05) is 0 Å². The van der Waals surface area contributed by atoms with Crippen LogP contribution in [-0.4, -0.2) is 21.8 Å². The number of nitrogens with one attached hydrogen (secondary N) is 2. The number of carbonyl (C=O) groups excluding carboxylic acids is 1. The van der Waals surface area contributed by atoms with Crippen molar-refractivity contribution in [1.29, 1.82) is 0 Å². The quantitative estimate of drug-likeness (QED) is 0.765. The SMILES string of the molecule is CC1=Nc2[nH]ncc2C(c2ccco2)C1C(=O)Nc1ccc(F)cc1. The number of benzene rings is 1. The Morgan fingerprint density at radius 3 is 2.80 bits per heavy atom. The molecule has 0 aliphatic carbocycles. The number of aromatic amines is 1. The number of furan rings is 1. The van der Waals surface area contributed by atoms with Gasteiger partial charge in [0.1, 0.15) is 11.6 Å². The first-order valence-corrected chi connectivity index (χ1v) is 7.82. The van der Waals surface area contributed by atoms with Gasteiger partial charge in [0.25, 0.3) is 0 Å². The van der Waals surface area contributed by atoms with Gasteiger partial charge in [0.2, 0.25) is 5.91 Å². The molecule has 126 valence electrons. The van der Waals surface area contributed by atoms with E-state index in [-0.39, 0.29) is 17.6 Å². The van der Waals surface area contributed by atoms with E-state index in [1.807, 2.05) is 6.07 Å². The van der Waals surface area contributed by atoms with Gasteiger partial charge in [0.05, 0.1) is 24.3 Å². The lowest BCUT2D eigenvalue weighted by atomic mass is 9.80. The summed E-state index contributed by atoms with van der Waals surface area (Å²) < 4.78 is 18.6. The molecule has 0 saturated heterocycles. The van der Waals surface area contributed by atoms with E-state index in [4.69, 9.17) is 4.42 Å². The Morgan fingerprint density at radius 1 is 1.28 bits per heavy atom. The van der Waals surface area contributed by atoms with Gasteiger partial charge in [-0.3, -0.25) is 9.89 Å². The van der Waals surface area contributed by atoms with E-state index >= 15 is 0 Å². The highest BCUT2D eigenvalue weighted by Crippen LogP contribution is 2.41. The van der Waals surface area contributed by atoms with Crippen molar-refractivity contribution >= 4 is 23.1 Å². The lowest BCUT2D eigenvalue weighted by molar-refractivity contribution is -0.118. The molecule has 2 N–H and O–H groups in total. The number of nitrogens with zero attached hydrogens (tertiary/aromatic N) is 2. The second-order valence-electron chi connectivity index (χ2n) is 5.89. The molecule has 3 heterocycles. The number of fused-ring (bicyclic) bond motifs is 1. The maximum absolute atomic E-state index is 13.1. The molecule has 0 bridgehead atoms. The Morgan fingerprint density at radius 2 is 2.08 bits per heavy atom. The van der Waals surface area contributed by atoms with Crippen LogP contribution in [0.5, 0.6) is 0 Å². The molecule has 7 heteroatoms. The molecule has 0 spiro atoms. The minimum absolute atomic E-state index is 0.235. The van der Waals surface area contributed by atoms with Crippen LogP contribution in [0, 0.1) is 11.7 Å². The summed E-state index contributed by atoms with van der Waals surface area (Å²) in [5, 5.41) is 9.71. The molecule has 6 nitrogen and oxygen atoms in total. The Bertz CT molecular complexity index is 928. The standard InChI is InChI=1S/C18H15FN4O2/c1-10-15(18(24)22-12-6-4-11(19)5-7-12)16(14-3-2-8-25-14)13-9-20-23-17(13)21-10/h2-9,15-16H,1H3,(H,20,23)(H,22,24). The van der Waals surface area contributed by atoms with Gasteiger partial charge in [0.15, 0.2) is 5.82 Å². The number of H-pyrrole nitrogens is 1. The van der Waals surface area contributed by atoms with Crippen molar-refractivity contribution in [3.05, 3.63) is 66.0 Å². The highest BCUT2D eigenvalue weighted by molar-refractivity contribution is 6.11. The number of halogens is 1. The van der Waals surface area contributed by atoms with E-state index in [2.05, 4.69) is 20.5 Å². The van der Waals surface area contributed by atoms with Crippen LogP contribution in [0.25, 0.3) is 0 Å². The van der Waals surface area contributed by atoms with Crippen LogP contribution in [0.3, 0.4) is 0 Å². The van der Waals surface area contributed by atoms with Crippen molar-refractivity contribution in [3.8, 4) is 0 Å². The van der Waals surface area contributed by atoms with E-state index < -0.39 is 5.92 Å². The number of carbonyl (C=O) groups is 1. The zero-order valence-electron chi connectivity index (χ0n) is 13.4. The lowest BCUT2D eigenvalue weighted by Gasteiger charge is -2.27. The van der Waals surface area contributed by atoms with Crippen LogP contribution in [0.15, 0.2) is 58.3 Å². The number of hydrogen-bond donors (Lipinski definition) is 2. The number of aliphatic imine (C=N–C) groups is 1. The summed E-state index contributed by atoms with van der Waals surface area (Å²) in [6.45, 7) is 1.80. The molecule has 1 aliphatic rings. The van der Waals surface area contributed by atoms with Crippen LogP contribution < -0.4 is 5.32 Å². The fourth-order valence-electron chi connectivity index (χ4n) is 3.15. The molecule has 2 atom stereocenters. The largest absolute Gasteiger partial charge is 0.469 e. The smallest absolute Gasteiger partial charge is 0.234 e. The molecule has 0 saturated carbocycles. The molecule has 25 heavy (non-hydrogen) atoms. The lowest BCUT2D eigenvalue weighted by Crippen LogP contribution is -2.35. The predicted octanol–water partition coefficient (Wildman–Crippen LogP) is 3.63. The topological polar surface area (TPSA) is 83.3 Å². The van der Waals surface area contributed by atoms with Crippen LogP contribution in [-0.2, 0) is 4.79 Å². The Labute approximate surface area is 142 Å². The first-order valence-electron chi connectivity index (χ1n) is 7.82. The summed E-state index contributed by atoms with van der Waals surface area (Å²) in [4.78, 5) is 17.4. The second-order valence-corrected chi connectivity index (χ2v) is 5.89. The van der Waals surface area contributed by atoms with Gasteiger partial charge < -0.3 is 9.73 Å². The average molecular weight is 338 g/mol. The maximum atomic E-state index is 13.1. The number of rotatable bonds is 3. The van der Waals surface area contributed by atoms with Crippen molar-refractivity contribution in [1.82, 2.24) is 10.2 Å². The molecule has 4 rings (SSSR count). The third kappa shape index (κ3) is 2.73. The fourth-order valence-corrected chi connectivity index (χ4v) is 3.15. The van der Waals surface area contributed by atoms with Gasteiger partial charge in [-0.2, -0.15) is 5.10 Å². The molecule has 2 unspecified atom stereocenters. The third-order valence-corrected chi connectivity index (χ3v) is 4.30. The Hall–Kier alpha value is -3.22. The minimum Gasteiger partial charge on any atom is -0.469 e. The molecule has 0 radical (unpaired) electrons. The Balaban J connectivity index is 1.70. The van der Waals surface area contributed by atoms with E-state index in [0.29, 0.717) is 23.0 Å². The van der Waals surface area contributed by atoms with Crippen LogP contribution >= 0.6 is 0 Å². The fraction of sp³-hybridized carbons (Fsp3) is 0.167. The monoisotopic (exact) mass is 338 g/mol. The average Bonchev–Trinajstić information content (AvgIpc) is 3.26. The van der Waals surface area contributed by atoms with Gasteiger partial charge in [-0.05, 0) is 43.3 Å². The van der Waals surface area contributed by atoms with Crippen molar-refractivity contribution in [2.75, 3.05) is 5.32 Å². The maximum Gasteiger partial charge on any atom is 0.234 e. The summed E-state index contributed by atoms with van der Waals surface area (Å²) in [6, 6.07) is 9.26. The van der Waals surface area contributed by atoms with Crippen molar-refractivity contribution < 1.29 is 13.6 Å². The van der Waals surface area contributed by atoms with Crippen LogP contribution in [0.4, 0.5) is 15.9 Å². The van der Waals surface area contributed by atoms with Crippen LogP contribution in [0.2, 0.25) is 0 Å².